The number of aliphatic hydroxyl groups excluding tert-OH is 1. The molecule has 0 bridgehead atoms. The number of rotatable bonds is 2. The Labute approximate surface area is 149 Å². The molecule has 0 radical (unpaired) electrons. The van der Waals surface area contributed by atoms with Crippen molar-refractivity contribution in [2.45, 2.75) is 19.9 Å². The number of nitrogens with zero attached hydrogens (tertiary/aromatic N) is 4. The maximum absolute atomic E-state index is 11.9. The van der Waals surface area contributed by atoms with Crippen molar-refractivity contribution in [2.75, 3.05) is 13.2 Å². The number of aryl methyl sites for hydroxylation is 2. The first-order valence-corrected chi connectivity index (χ1v) is 8.45. The summed E-state index contributed by atoms with van der Waals surface area (Å²) in [4.78, 5) is 21.6. The maximum atomic E-state index is 11.9. The second-order valence-corrected chi connectivity index (χ2v) is 6.66. The lowest BCUT2D eigenvalue weighted by atomic mass is 10.0. The summed E-state index contributed by atoms with van der Waals surface area (Å²) in [7, 11) is 1.85. The molecule has 0 spiro atoms. The number of aliphatic hydroxyl groups is 1. The van der Waals surface area contributed by atoms with Gasteiger partial charge in [0, 0.05) is 55.0 Å². The summed E-state index contributed by atoms with van der Waals surface area (Å²) in [5.74, 6) is -0.266. The van der Waals surface area contributed by atoms with E-state index < -0.39 is 6.61 Å². The molecule has 25 heavy (non-hydrogen) atoms. The number of fused-ring (bicyclic) bond motifs is 3. The summed E-state index contributed by atoms with van der Waals surface area (Å²) < 4.78 is 1.72. The van der Waals surface area contributed by atoms with Crippen LogP contribution in [0.5, 0.6) is 0 Å². The van der Waals surface area contributed by atoms with Gasteiger partial charge in [-0.05, 0) is 13.0 Å². The van der Waals surface area contributed by atoms with Crippen molar-refractivity contribution in [1.82, 2.24) is 24.6 Å². The molecular weight excluding hydrogens is 342 g/mol. The van der Waals surface area contributed by atoms with Gasteiger partial charge in [0.15, 0.2) is 0 Å². The standard InChI is InChI=1S/C17H18ClN5O2/c1-9-15-14(16(20-17(9)18)12-3-5-22(2)21-12)10-7-23(13(25)8-24)6-4-11(10)19-15/h3,5,19,24H,4,6-8H2,1-2H3. The molecule has 7 nitrogen and oxygen atoms in total. The number of nitrogens with one attached hydrogen (secondary N) is 1. The highest BCUT2D eigenvalue weighted by Gasteiger charge is 2.27. The molecule has 0 fully saturated rings. The van der Waals surface area contributed by atoms with Crippen LogP contribution >= 0.6 is 11.6 Å². The average molecular weight is 360 g/mol. The van der Waals surface area contributed by atoms with E-state index in [1.807, 2.05) is 26.2 Å². The Morgan fingerprint density at radius 2 is 2.28 bits per heavy atom. The van der Waals surface area contributed by atoms with E-state index in [4.69, 9.17) is 11.6 Å². The number of halogens is 1. The van der Waals surface area contributed by atoms with Crippen LogP contribution in [-0.4, -0.2) is 48.8 Å². The van der Waals surface area contributed by atoms with E-state index >= 15 is 0 Å². The number of hydrogen-bond acceptors (Lipinski definition) is 4. The van der Waals surface area contributed by atoms with Gasteiger partial charge in [0.05, 0.1) is 5.52 Å². The maximum Gasteiger partial charge on any atom is 0.248 e. The fourth-order valence-corrected chi connectivity index (χ4v) is 3.60. The molecule has 0 saturated carbocycles. The number of aromatic amines is 1. The van der Waals surface area contributed by atoms with Crippen molar-refractivity contribution >= 4 is 28.4 Å². The normalized spacial score (nSPS) is 14.2. The zero-order valence-electron chi connectivity index (χ0n) is 14.0. The van der Waals surface area contributed by atoms with Crippen LogP contribution < -0.4 is 0 Å². The third-order valence-electron chi connectivity index (χ3n) is 4.75. The van der Waals surface area contributed by atoms with Crippen LogP contribution in [0.2, 0.25) is 5.15 Å². The minimum Gasteiger partial charge on any atom is -0.387 e. The van der Waals surface area contributed by atoms with Crippen molar-refractivity contribution in [2.24, 2.45) is 7.05 Å². The third kappa shape index (κ3) is 2.51. The highest BCUT2D eigenvalue weighted by molar-refractivity contribution is 6.31. The molecule has 0 aliphatic carbocycles. The molecular formula is C17H18ClN5O2. The Kier molecular flexibility index (Phi) is 3.77. The fourth-order valence-electron chi connectivity index (χ4n) is 3.42. The number of aromatic nitrogens is 4. The fraction of sp³-hybridized carbons (Fsp3) is 0.353. The van der Waals surface area contributed by atoms with Crippen molar-refractivity contribution in [3.8, 4) is 11.4 Å². The molecule has 3 aromatic rings. The average Bonchev–Trinajstić information content (AvgIpc) is 3.20. The highest BCUT2D eigenvalue weighted by Crippen LogP contribution is 2.37. The minimum absolute atomic E-state index is 0.266. The van der Waals surface area contributed by atoms with E-state index in [0.717, 1.165) is 33.4 Å². The second-order valence-electron chi connectivity index (χ2n) is 6.31. The summed E-state index contributed by atoms with van der Waals surface area (Å²) >= 11 is 6.35. The van der Waals surface area contributed by atoms with Crippen LogP contribution in [-0.2, 0) is 24.8 Å². The predicted octanol–water partition coefficient (Wildman–Crippen LogP) is 1.80. The Hall–Kier alpha value is -2.38. The molecule has 0 saturated heterocycles. The number of pyridine rings is 1. The van der Waals surface area contributed by atoms with E-state index in [2.05, 4.69) is 15.1 Å². The van der Waals surface area contributed by atoms with E-state index in [1.54, 1.807) is 9.58 Å². The summed E-state index contributed by atoms with van der Waals surface area (Å²) in [6.07, 6.45) is 2.56. The molecule has 1 aliphatic rings. The SMILES string of the molecule is Cc1c(Cl)nc(-c2ccn(C)n2)c2c3c([nH]c12)CCN(C(=O)CO)C3. The number of carbonyl (C=O) groups is 1. The van der Waals surface area contributed by atoms with Gasteiger partial charge in [-0.2, -0.15) is 5.10 Å². The van der Waals surface area contributed by atoms with Gasteiger partial charge in [-0.1, -0.05) is 11.6 Å². The van der Waals surface area contributed by atoms with E-state index in [0.29, 0.717) is 30.4 Å². The molecule has 0 atom stereocenters. The van der Waals surface area contributed by atoms with Crippen LogP contribution in [0.15, 0.2) is 12.3 Å². The van der Waals surface area contributed by atoms with Gasteiger partial charge in [0.25, 0.3) is 0 Å². The van der Waals surface area contributed by atoms with Crippen LogP contribution in [0, 0.1) is 6.92 Å². The Balaban J connectivity index is 1.96. The zero-order valence-corrected chi connectivity index (χ0v) is 14.8. The predicted molar refractivity (Wildman–Crippen MR) is 94.2 cm³/mol. The van der Waals surface area contributed by atoms with Gasteiger partial charge in [0.1, 0.15) is 23.1 Å². The first-order chi connectivity index (χ1) is 12.0. The van der Waals surface area contributed by atoms with Crippen LogP contribution in [0.4, 0.5) is 0 Å². The minimum atomic E-state index is -0.478. The Morgan fingerprint density at radius 3 is 2.96 bits per heavy atom. The van der Waals surface area contributed by atoms with Gasteiger partial charge in [-0.3, -0.25) is 9.48 Å². The van der Waals surface area contributed by atoms with Gasteiger partial charge in [-0.15, -0.1) is 0 Å². The molecule has 2 N–H and O–H groups in total. The Bertz CT molecular complexity index is 991. The quantitative estimate of drug-likeness (QED) is 0.683. The topological polar surface area (TPSA) is 87.0 Å². The van der Waals surface area contributed by atoms with E-state index in [1.165, 1.54) is 0 Å². The first kappa shape index (κ1) is 16.1. The molecule has 130 valence electrons. The van der Waals surface area contributed by atoms with Crippen molar-refractivity contribution < 1.29 is 9.90 Å². The lowest BCUT2D eigenvalue weighted by Crippen LogP contribution is -2.37. The second kappa shape index (κ2) is 5.86. The number of hydrogen-bond donors (Lipinski definition) is 2. The van der Waals surface area contributed by atoms with Gasteiger partial charge >= 0.3 is 0 Å². The highest BCUT2D eigenvalue weighted by atomic mass is 35.5. The lowest BCUT2D eigenvalue weighted by molar-refractivity contribution is -0.135. The van der Waals surface area contributed by atoms with E-state index in [9.17, 15) is 9.90 Å². The number of H-pyrrole nitrogens is 1. The molecule has 1 aliphatic heterocycles. The van der Waals surface area contributed by atoms with Crippen LogP contribution in [0.3, 0.4) is 0 Å². The molecule has 4 heterocycles. The smallest absolute Gasteiger partial charge is 0.248 e. The molecule has 3 aromatic heterocycles. The molecule has 4 rings (SSSR count). The summed E-state index contributed by atoms with van der Waals surface area (Å²) in [6, 6.07) is 1.90. The first-order valence-electron chi connectivity index (χ1n) is 8.07. The number of amides is 1. The molecule has 8 heteroatoms. The molecule has 1 amide bonds. The van der Waals surface area contributed by atoms with Crippen molar-refractivity contribution in [1.29, 1.82) is 0 Å². The number of carbonyl (C=O) groups excluding carboxylic acids is 1. The summed E-state index contributed by atoms with van der Waals surface area (Å²) in [5.41, 5.74) is 5.37. The van der Waals surface area contributed by atoms with Gasteiger partial charge in [0.2, 0.25) is 5.91 Å². The Morgan fingerprint density at radius 1 is 1.48 bits per heavy atom. The lowest BCUT2D eigenvalue weighted by Gasteiger charge is -2.26. The van der Waals surface area contributed by atoms with Gasteiger partial charge in [-0.25, -0.2) is 4.98 Å². The summed E-state index contributed by atoms with van der Waals surface area (Å²) in [6.45, 7) is 2.47. The summed E-state index contributed by atoms with van der Waals surface area (Å²) in [5, 5.41) is 15.0. The molecule has 0 unspecified atom stereocenters. The largest absolute Gasteiger partial charge is 0.387 e. The van der Waals surface area contributed by atoms with Crippen molar-refractivity contribution in [3.63, 3.8) is 0 Å². The van der Waals surface area contributed by atoms with Crippen molar-refractivity contribution in [3.05, 3.63) is 34.2 Å². The zero-order chi connectivity index (χ0) is 17.7. The monoisotopic (exact) mass is 359 g/mol. The molecule has 0 aromatic carbocycles. The van der Waals surface area contributed by atoms with E-state index in [-0.39, 0.29) is 5.91 Å². The van der Waals surface area contributed by atoms with Gasteiger partial charge < -0.3 is 15.0 Å². The van der Waals surface area contributed by atoms with Crippen LogP contribution in [0.1, 0.15) is 16.8 Å². The third-order valence-corrected chi connectivity index (χ3v) is 5.12. The van der Waals surface area contributed by atoms with Crippen LogP contribution in [0.25, 0.3) is 22.3 Å².